The smallest absolute Gasteiger partial charge is 0.169 e. The predicted molar refractivity (Wildman–Crippen MR) is 110 cm³/mol. The normalized spacial score (nSPS) is 19.4. The number of hydrogen-bond donors (Lipinski definition) is 2. The van der Waals surface area contributed by atoms with Gasteiger partial charge in [-0.05, 0) is 62.0 Å². The van der Waals surface area contributed by atoms with Gasteiger partial charge in [0.15, 0.2) is 5.11 Å². The van der Waals surface area contributed by atoms with Gasteiger partial charge >= 0.3 is 0 Å². The molecule has 3 aromatic rings. The Balaban J connectivity index is 1.84. The van der Waals surface area contributed by atoms with Crippen molar-refractivity contribution in [2.24, 2.45) is 0 Å². The highest BCUT2D eigenvalue weighted by Gasteiger charge is 2.39. The number of aromatic hydroxyl groups is 1. The van der Waals surface area contributed by atoms with E-state index in [4.69, 9.17) is 12.2 Å². The molecule has 0 bridgehead atoms. The van der Waals surface area contributed by atoms with E-state index in [-0.39, 0.29) is 17.8 Å². The van der Waals surface area contributed by atoms with E-state index in [2.05, 4.69) is 39.7 Å². The number of likely N-dealkylation sites (N-methyl/N-ethyl adjacent to an activating group) is 1. The molecule has 2 atom stereocenters. The van der Waals surface area contributed by atoms with Crippen molar-refractivity contribution < 1.29 is 5.11 Å². The number of hydrogen-bond acceptors (Lipinski definition) is 3. The van der Waals surface area contributed by atoms with Crippen LogP contribution in [0.25, 0.3) is 5.69 Å². The summed E-state index contributed by atoms with van der Waals surface area (Å²) in [6.07, 6.45) is 1.81. The maximum atomic E-state index is 10.3. The molecule has 5 nitrogen and oxygen atoms in total. The van der Waals surface area contributed by atoms with Gasteiger partial charge in [-0.25, -0.2) is 0 Å². The summed E-state index contributed by atoms with van der Waals surface area (Å²) in [5, 5.41) is 14.5. The average Bonchev–Trinajstić information content (AvgIpc) is 3.12. The fourth-order valence-electron chi connectivity index (χ4n) is 3.96. The van der Waals surface area contributed by atoms with E-state index in [0.29, 0.717) is 5.11 Å². The van der Waals surface area contributed by atoms with Gasteiger partial charge in [-0.3, -0.25) is 4.98 Å². The van der Waals surface area contributed by atoms with E-state index in [9.17, 15) is 5.11 Å². The fourth-order valence-corrected chi connectivity index (χ4v) is 4.20. The molecule has 1 aliphatic rings. The van der Waals surface area contributed by atoms with Crippen molar-refractivity contribution in [3.63, 3.8) is 0 Å². The van der Waals surface area contributed by atoms with Gasteiger partial charge in [0.25, 0.3) is 0 Å². The van der Waals surface area contributed by atoms with Gasteiger partial charge in [-0.15, -0.1) is 0 Å². The average molecular weight is 379 g/mol. The molecule has 27 heavy (non-hydrogen) atoms. The first-order valence-electron chi connectivity index (χ1n) is 8.90. The third-order valence-electron chi connectivity index (χ3n) is 5.25. The summed E-state index contributed by atoms with van der Waals surface area (Å²) in [6.45, 7) is 4.14. The summed E-state index contributed by atoms with van der Waals surface area (Å²) in [7, 11) is 2.01. The Hall–Kier alpha value is -2.86. The highest BCUT2D eigenvalue weighted by atomic mass is 32.1. The minimum atomic E-state index is -0.0259. The lowest BCUT2D eigenvalue weighted by Gasteiger charge is -2.24. The van der Waals surface area contributed by atoms with Crippen LogP contribution < -0.4 is 5.32 Å². The molecule has 0 radical (unpaired) electrons. The summed E-state index contributed by atoms with van der Waals surface area (Å²) >= 11 is 5.53. The molecule has 0 amide bonds. The lowest BCUT2D eigenvalue weighted by atomic mass is 9.97. The van der Waals surface area contributed by atoms with Gasteiger partial charge in [-0.2, -0.15) is 0 Å². The molecule has 1 aliphatic heterocycles. The van der Waals surface area contributed by atoms with Crippen molar-refractivity contribution in [2.45, 2.75) is 25.9 Å². The van der Waals surface area contributed by atoms with Crippen LogP contribution >= 0.6 is 12.2 Å². The Morgan fingerprint density at radius 3 is 2.56 bits per heavy atom. The molecular weight excluding hydrogens is 356 g/mol. The highest BCUT2D eigenvalue weighted by molar-refractivity contribution is 7.80. The zero-order valence-electron chi connectivity index (χ0n) is 15.5. The van der Waals surface area contributed by atoms with Crippen LogP contribution in [0.2, 0.25) is 0 Å². The number of rotatable bonds is 3. The van der Waals surface area contributed by atoms with Crippen LogP contribution in [0.1, 0.15) is 34.7 Å². The van der Waals surface area contributed by atoms with E-state index in [1.54, 1.807) is 12.3 Å². The highest BCUT2D eigenvalue weighted by Crippen LogP contribution is 2.40. The maximum Gasteiger partial charge on any atom is 0.169 e. The van der Waals surface area contributed by atoms with Crippen LogP contribution in [0.4, 0.5) is 0 Å². The predicted octanol–water partition coefficient (Wildman–Crippen LogP) is 3.80. The topological polar surface area (TPSA) is 53.3 Å². The van der Waals surface area contributed by atoms with Crippen LogP contribution in [0, 0.1) is 13.8 Å². The standard InChI is InChI=1S/C21H22N4OS/c1-13-12-15(14(2)25(13)17-9-4-5-10-18(17)26)20-19(23-21(27)24(20)3)16-8-6-7-11-22-16/h4-12,19-20,26H,1-3H3,(H,23,27)/t19-,20-/m1/s1. The number of phenols is 1. The van der Waals surface area contributed by atoms with E-state index in [1.165, 1.54) is 5.56 Å². The van der Waals surface area contributed by atoms with Gasteiger partial charge in [0, 0.05) is 24.6 Å². The number of para-hydroxylation sites is 2. The van der Waals surface area contributed by atoms with Crippen molar-refractivity contribution >= 4 is 17.3 Å². The summed E-state index contributed by atoms with van der Waals surface area (Å²) in [5.74, 6) is 0.264. The lowest BCUT2D eigenvalue weighted by Crippen LogP contribution is -2.25. The van der Waals surface area contributed by atoms with E-state index < -0.39 is 0 Å². The number of nitrogens with zero attached hydrogens (tertiary/aromatic N) is 3. The number of aromatic nitrogens is 2. The molecular formula is C21H22N4OS. The second-order valence-electron chi connectivity index (χ2n) is 6.89. The van der Waals surface area contributed by atoms with Gasteiger partial charge in [0.2, 0.25) is 0 Å². The Labute approximate surface area is 164 Å². The molecule has 2 aromatic heterocycles. The van der Waals surface area contributed by atoms with Crippen LogP contribution in [0.3, 0.4) is 0 Å². The first kappa shape index (κ1) is 17.5. The Bertz CT molecular complexity index is 999. The largest absolute Gasteiger partial charge is 0.506 e. The molecule has 4 rings (SSSR count). The monoisotopic (exact) mass is 378 g/mol. The zero-order valence-corrected chi connectivity index (χ0v) is 16.4. The molecule has 6 heteroatoms. The SMILES string of the molecule is Cc1cc([C@@H]2[C@@H](c3ccccn3)NC(=S)N2C)c(C)n1-c1ccccc1O. The molecule has 0 saturated carbocycles. The van der Waals surface area contributed by atoms with E-state index >= 15 is 0 Å². The second kappa shape index (κ2) is 6.70. The van der Waals surface area contributed by atoms with Gasteiger partial charge in [0.05, 0.1) is 23.5 Å². The third-order valence-corrected chi connectivity index (χ3v) is 5.66. The van der Waals surface area contributed by atoms with Gasteiger partial charge in [0.1, 0.15) is 5.75 Å². The minimum Gasteiger partial charge on any atom is -0.506 e. The maximum absolute atomic E-state index is 10.3. The lowest BCUT2D eigenvalue weighted by molar-refractivity contribution is 0.367. The Kier molecular flexibility index (Phi) is 4.36. The second-order valence-corrected chi connectivity index (χ2v) is 7.27. The van der Waals surface area contributed by atoms with Crippen LogP contribution in [0.15, 0.2) is 54.7 Å². The van der Waals surface area contributed by atoms with Crippen LogP contribution in [-0.2, 0) is 0 Å². The quantitative estimate of drug-likeness (QED) is 0.679. The number of aryl methyl sites for hydroxylation is 1. The summed E-state index contributed by atoms with van der Waals surface area (Å²) in [6, 6.07) is 15.5. The summed E-state index contributed by atoms with van der Waals surface area (Å²) in [4.78, 5) is 6.63. The molecule has 1 aromatic carbocycles. The van der Waals surface area contributed by atoms with Crippen molar-refractivity contribution in [3.05, 3.63) is 77.4 Å². The number of pyridine rings is 1. The Morgan fingerprint density at radius 1 is 1.11 bits per heavy atom. The summed E-state index contributed by atoms with van der Waals surface area (Å²) < 4.78 is 2.09. The van der Waals surface area contributed by atoms with Crippen LogP contribution in [-0.4, -0.2) is 31.7 Å². The fraction of sp³-hybridized carbons (Fsp3) is 0.238. The first-order valence-corrected chi connectivity index (χ1v) is 9.31. The molecule has 0 spiro atoms. The minimum absolute atomic E-state index is 0.0259. The zero-order chi connectivity index (χ0) is 19.1. The van der Waals surface area contributed by atoms with Crippen molar-refractivity contribution in [2.75, 3.05) is 7.05 Å². The van der Waals surface area contributed by atoms with Gasteiger partial charge < -0.3 is 19.9 Å². The first-order chi connectivity index (χ1) is 13.0. The van der Waals surface area contributed by atoms with Crippen molar-refractivity contribution in [3.8, 4) is 11.4 Å². The van der Waals surface area contributed by atoms with E-state index in [1.807, 2.05) is 43.4 Å². The molecule has 0 aliphatic carbocycles. The number of nitrogens with one attached hydrogen (secondary N) is 1. The third kappa shape index (κ3) is 2.86. The van der Waals surface area contributed by atoms with E-state index in [0.717, 1.165) is 22.8 Å². The molecule has 3 heterocycles. The summed E-state index contributed by atoms with van der Waals surface area (Å²) in [5.41, 5.74) is 5.06. The number of benzene rings is 1. The molecule has 2 N–H and O–H groups in total. The molecule has 1 saturated heterocycles. The molecule has 0 unspecified atom stereocenters. The molecule has 138 valence electrons. The number of thiocarbonyl (C=S) groups is 1. The van der Waals surface area contributed by atoms with Crippen molar-refractivity contribution in [1.29, 1.82) is 0 Å². The Morgan fingerprint density at radius 2 is 1.85 bits per heavy atom. The van der Waals surface area contributed by atoms with Gasteiger partial charge in [-0.1, -0.05) is 18.2 Å². The number of phenolic OH excluding ortho intramolecular Hbond substituents is 1. The van der Waals surface area contributed by atoms with Crippen molar-refractivity contribution in [1.82, 2.24) is 19.8 Å². The van der Waals surface area contributed by atoms with Crippen LogP contribution in [0.5, 0.6) is 5.75 Å². The molecule has 1 fully saturated rings.